The first-order chi connectivity index (χ1) is 13.2. The highest BCUT2D eigenvalue weighted by Gasteiger charge is 2.21. The first-order valence-corrected chi connectivity index (χ1v) is 10.0. The van der Waals surface area contributed by atoms with Gasteiger partial charge in [0.05, 0.1) is 6.10 Å². The number of anilines is 3. The molecular weight excluding hydrogens is 364 g/mol. The van der Waals surface area contributed by atoms with E-state index in [0.29, 0.717) is 17.5 Å². The van der Waals surface area contributed by atoms with Gasteiger partial charge in [0.2, 0.25) is 17.8 Å². The Balaban J connectivity index is 1.50. The zero-order chi connectivity index (χ0) is 18.6. The van der Waals surface area contributed by atoms with Crippen LogP contribution >= 0.6 is 11.6 Å². The Kier molecular flexibility index (Phi) is 5.59. The van der Waals surface area contributed by atoms with E-state index in [2.05, 4.69) is 25.1 Å². The van der Waals surface area contributed by atoms with Crippen molar-refractivity contribution in [3.8, 4) is 0 Å². The highest BCUT2D eigenvalue weighted by molar-refractivity contribution is 6.30. The number of hydrogen-bond donors (Lipinski definition) is 2. The highest BCUT2D eigenvalue weighted by Crippen LogP contribution is 2.23. The Morgan fingerprint density at radius 2 is 1.41 bits per heavy atom. The molecule has 27 heavy (non-hydrogen) atoms. The number of nitrogens with one attached hydrogen (secondary N) is 1. The van der Waals surface area contributed by atoms with Crippen LogP contribution in [0, 0.1) is 0 Å². The van der Waals surface area contributed by atoms with Crippen molar-refractivity contribution in [1.29, 1.82) is 0 Å². The zero-order valence-corrected chi connectivity index (χ0v) is 16.1. The average Bonchev–Trinajstić information content (AvgIpc) is 3.40. The Labute approximate surface area is 164 Å². The quantitative estimate of drug-likeness (QED) is 0.787. The number of rotatable bonds is 6. The third-order valence-electron chi connectivity index (χ3n) is 5.10. The molecule has 2 saturated heterocycles. The van der Waals surface area contributed by atoms with Crippen LogP contribution in [0.3, 0.4) is 0 Å². The maximum atomic E-state index is 10.4. The summed E-state index contributed by atoms with van der Waals surface area (Å²) in [5.74, 6) is 1.97. The number of benzene rings is 1. The molecule has 7 nitrogen and oxygen atoms in total. The molecule has 4 rings (SSSR count). The van der Waals surface area contributed by atoms with Crippen molar-refractivity contribution in [2.75, 3.05) is 47.8 Å². The fourth-order valence-electron chi connectivity index (χ4n) is 3.54. The number of hydrogen-bond acceptors (Lipinski definition) is 7. The zero-order valence-electron chi connectivity index (χ0n) is 15.3. The predicted octanol–water partition coefficient (Wildman–Crippen LogP) is 2.87. The molecule has 8 heteroatoms. The van der Waals surface area contributed by atoms with Gasteiger partial charge in [-0.25, -0.2) is 0 Å². The maximum Gasteiger partial charge on any atom is 0.231 e. The summed E-state index contributed by atoms with van der Waals surface area (Å²) in [7, 11) is 0. The summed E-state index contributed by atoms with van der Waals surface area (Å²) < 4.78 is 0. The molecule has 2 fully saturated rings. The van der Waals surface area contributed by atoms with Crippen molar-refractivity contribution in [3.63, 3.8) is 0 Å². The van der Waals surface area contributed by atoms with Crippen LogP contribution in [0.15, 0.2) is 24.3 Å². The van der Waals surface area contributed by atoms with E-state index in [1.165, 1.54) is 25.7 Å². The SMILES string of the molecule is O[C@@H](CNc1nc(N2CCCC2)nc(N2CCCC2)n1)c1ccc(Cl)cc1. The van der Waals surface area contributed by atoms with Crippen molar-refractivity contribution >= 4 is 29.4 Å². The van der Waals surface area contributed by atoms with Gasteiger partial charge in [-0.2, -0.15) is 15.0 Å². The van der Waals surface area contributed by atoms with Gasteiger partial charge in [-0.15, -0.1) is 0 Å². The predicted molar refractivity (Wildman–Crippen MR) is 108 cm³/mol. The Hall–Kier alpha value is -2.12. The van der Waals surface area contributed by atoms with Crippen molar-refractivity contribution in [3.05, 3.63) is 34.9 Å². The lowest BCUT2D eigenvalue weighted by Gasteiger charge is -2.21. The molecule has 0 radical (unpaired) electrons. The Morgan fingerprint density at radius 1 is 0.889 bits per heavy atom. The second-order valence-electron chi connectivity index (χ2n) is 7.10. The molecule has 0 saturated carbocycles. The minimum Gasteiger partial charge on any atom is -0.387 e. The number of aliphatic hydroxyl groups is 1. The lowest BCUT2D eigenvalue weighted by Crippen LogP contribution is -2.26. The second-order valence-corrected chi connectivity index (χ2v) is 7.53. The first-order valence-electron chi connectivity index (χ1n) is 9.62. The van der Waals surface area contributed by atoms with Gasteiger partial charge in [0.25, 0.3) is 0 Å². The van der Waals surface area contributed by atoms with Gasteiger partial charge >= 0.3 is 0 Å². The van der Waals surface area contributed by atoms with E-state index in [9.17, 15) is 5.11 Å². The van der Waals surface area contributed by atoms with E-state index >= 15 is 0 Å². The molecule has 0 aliphatic carbocycles. The summed E-state index contributed by atoms with van der Waals surface area (Å²) in [6.45, 7) is 4.25. The molecule has 0 amide bonds. The van der Waals surface area contributed by atoms with Gasteiger partial charge in [-0.3, -0.25) is 0 Å². The van der Waals surface area contributed by atoms with Crippen LogP contribution in [0.1, 0.15) is 37.4 Å². The smallest absolute Gasteiger partial charge is 0.231 e. The molecule has 1 aromatic heterocycles. The molecule has 0 unspecified atom stereocenters. The van der Waals surface area contributed by atoms with E-state index in [-0.39, 0.29) is 0 Å². The molecule has 1 aromatic carbocycles. The number of aliphatic hydroxyl groups excluding tert-OH is 1. The lowest BCUT2D eigenvalue weighted by molar-refractivity contribution is 0.191. The van der Waals surface area contributed by atoms with Gasteiger partial charge < -0.3 is 20.2 Å². The third kappa shape index (κ3) is 4.42. The maximum absolute atomic E-state index is 10.4. The summed E-state index contributed by atoms with van der Waals surface area (Å²) in [4.78, 5) is 18.3. The number of halogens is 1. The van der Waals surface area contributed by atoms with Gasteiger partial charge in [0.15, 0.2) is 0 Å². The van der Waals surface area contributed by atoms with Gasteiger partial charge in [-0.05, 0) is 43.4 Å². The van der Waals surface area contributed by atoms with Crippen molar-refractivity contribution in [1.82, 2.24) is 15.0 Å². The molecule has 0 bridgehead atoms. The van der Waals surface area contributed by atoms with Crippen LogP contribution in [0.2, 0.25) is 5.02 Å². The second kappa shape index (κ2) is 8.27. The van der Waals surface area contributed by atoms with Crippen LogP contribution < -0.4 is 15.1 Å². The van der Waals surface area contributed by atoms with Crippen molar-refractivity contribution < 1.29 is 5.11 Å². The molecule has 2 N–H and O–H groups in total. The summed E-state index contributed by atoms with van der Waals surface area (Å²) in [6, 6.07) is 7.21. The molecular formula is C19H25ClN6O. The minimum atomic E-state index is -0.662. The largest absolute Gasteiger partial charge is 0.387 e. The summed E-state index contributed by atoms with van der Waals surface area (Å²) in [5, 5.41) is 14.3. The van der Waals surface area contributed by atoms with E-state index in [4.69, 9.17) is 16.6 Å². The van der Waals surface area contributed by atoms with Gasteiger partial charge in [0, 0.05) is 37.7 Å². The first kappa shape index (κ1) is 18.3. The van der Waals surface area contributed by atoms with E-state index in [1.54, 1.807) is 12.1 Å². The Morgan fingerprint density at radius 3 is 1.93 bits per heavy atom. The normalized spacial score (nSPS) is 18.1. The summed E-state index contributed by atoms with van der Waals surface area (Å²) in [5.41, 5.74) is 0.806. The van der Waals surface area contributed by atoms with Gasteiger partial charge in [0.1, 0.15) is 0 Å². The van der Waals surface area contributed by atoms with Crippen molar-refractivity contribution in [2.45, 2.75) is 31.8 Å². The van der Waals surface area contributed by atoms with E-state index < -0.39 is 6.10 Å². The molecule has 0 spiro atoms. The molecule has 2 aliphatic heterocycles. The van der Waals surface area contributed by atoms with Crippen molar-refractivity contribution in [2.24, 2.45) is 0 Å². The van der Waals surface area contributed by atoms with Crippen LogP contribution in [0.4, 0.5) is 17.8 Å². The number of nitrogens with zero attached hydrogens (tertiary/aromatic N) is 5. The summed E-state index contributed by atoms with van der Waals surface area (Å²) in [6.07, 6.45) is 4.02. The fourth-order valence-corrected chi connectivity index (χ4v) is 3.67. The van der Waals surface area contributed by atoms with Crippen LogP contribution in [-0.2, 0) is 0 Å². The molecule has 2 aliphatic rings. The summed E-state index contributed by atoms with van der Waals surface area (Å²) >= 11 is 5.92. The minimum absolute atomic E-state index is 0.324. The van der Waals surface area contributed by atoms with E-state index in [1.807, 2.05) is 12.1 Å². The number of aromatic nitrogens is 3. The molecule has 144 valence electrons. The average molecular weight is 389 g/mol. The fraction of sp³-hybridized carbons (Fsp3) is 0.526. The lowest BCUT2D eigenvalue weighted by atomic mass is 10.1. The van der Waals surface area contributed by atoms with E-state index in [0.717, 1.165) is 43.6 Å². The van der Waals surface area contributed by atoms with Crippen LogP contribution in [0.5, 0.6) is 0 Å². The standard InChI is InChI=1S/C19H25ClN6O/c20-15-7-5-14(6-8-15)16(27)13-21-17-22-18(25-9-1-2-10-25)24-19(23-17)26-11-3-4-12-26/h5-8,16,27H,1-4,9-13H2,(H,21,22,23,24)/t16-/m0/s1. The van der Waals surface area contributed by atoms with Crippen LogP contribution in [-0.4, -0.2) is 52.8 Å². The third-order valence-corrected chi connectivity index (χ3v) is 5.35. The highest BCUT2D eigenvalue weighted by atomic mass is 35.5. The van der Waals surface area contributed by atoms with Gasteiger partial charge in [-0.1, -0.05) is 23.7 Å². The Bertz CT molecular complexity index is 725. The monoisotopic (exact) mass is 388 g/mol. The topological polar surface area (TPSA) is 77.4 Å². The molecule has 2 aromatic rings. The molecule has 1 atom stereocenters. The van der Waals surface area contributed by atoms with Crippen LogP contribution in [0.25, 0.3) is 0 Å². The molecule has 3 heterocycles.